The van der Waals surface area contributed by atoms with Crippen LogP contribution >= 0.6 is 0 Å². The number of imidazole rings is 1. The number of nitrogens with one attached hydrogen (secondary N) is 2. The molecule has 1 saturated carbocycles. The highest BCUT2D eigenvalue weighted by molar-refractivity contribution is 5.90. The minimum Gasteiger partial charge on any atom is -0.329 e. The number of carbonyl (C=O) groups excluding carboxylic acids is 1. The number of pyridine rings is 1. The van der Waals surface area contributed by atoms with E-state index < -0.39 is 18.8 Å². The lowest BCUT2D eigenvalue weighted by Gasteiger charge is -2.11. The molecular formula is C20H19F3N4O. The van der Waals surface area contributed by atoms with Crippen LogP contribution in [0.1, 0.15) is 29.9 Å². The molecule has 0 atom stereocenters. The fourth-order valence-corrected chi connectivity index (χ4v) is 3.28. The number of alkyl halides is 3. The van der Waals surface area contributed by atoms with E-state index in [2.05, 4.69) is 29.5 Å². The first-order valence-corrected chi connectivity index (χ1v) is 9.00. The highest BCUT2D eigenvalue weighted by Gasteiger charge is 2.28. The first-order valence-electron chi connectivity index (χ1n) is 9.00. The van der Waals surface area contributed by atoms with E-state index in [0.29, 0.717) is 11.6 Å². The number of anilines is 1. The summed E-state index contributed by atoms with van der Waals surface area (Å²) in [5.41, 5.74) is 5.44. The van der Waals surface area contributed by atoms with E-state index in [0.717, 1.165) is 16.9 Å². The van der Waals surface area contributed by atoms with Crippen molar-refractivity contribution in [3.05, 3.63) is 53.9 Å². The average Bonchev–Trinajstić information content (AvgIpc) is 3.39. The van der Waals surface area contributed by atoms with E-state index >= 15 is 0 Å². The van der Waals surface area contributed by atoms with Crippen LogP contribution in [0, 0.1) is 6.92 Å². The number of halogens is 3. The predicted molar refractivity (Wildman–Crippen MR) is 100 cm³/mol. The average molecular weight is 388 g/mol. The van der Waals surface area contributed by atoms with Crippen molar-refractivity contribution in [2.45, 2.75) is 31.9 Å². The van der Waals surface area contributed by atoms with Gasteiger partial charge >= 0.3 is 12.2 Å². The lowest BCUT2D eigenvalue weighted by molar-refractivity contribution is -0.122. The monoisotopic (exact) mass is 388 g/mol. The van der Waals surface area contributed by atoms with Crippen molar-refractivity contribution in [1.82, 2.24) is 14.7 Å². The first-order chi connectivity index (χ1) is 13.3. The van der Waals surface area contributed by atoms with E-state index in [1.54, 1.807) is 29.7 Å². The third-order valence-corrected chi connectivity index (χ3v) is 4.78. The third-order valence-electron chi connectivity index (χ3n) is 4.78. The molecule has 0 saturated heterocycles. The molecule has 2 aromatic heterocycles. The standard InChI is InChI=1S/C20H19F3N4O/c1-12-7-18-24-9-17(27(18)10-16(12)13-5-6-13)14-3-2-4-15(8-14)26-19(28)25-11-20(21,22)23/h2-4,7-10,13H,5-6,11H2,1H3,(H2,25,26,28). The lowest BCUT2D eigenvalue weighted by Crippen LogP contribution is -2.36. The second kappa shape index (κ2) is 6.85. The van der Waals surface area contributed by atoms with Crippen molar-refractivity contribution in [1.29, 1.82) is 0 Å². The number of nitrogens with zero attached hydrogens (tertiary/aromatic N) is 2. The number of aryl methyl sites for hydroxylation is 1. The van der Waals surface area contributed by atoms with Gasteiger partial charge in [-0.1, -0.05) is 12.1 Å². The van der Waals surface area contributed by atoms with Crippen molar-refractivity contribution in [2.24, 2.45) is 0 Å². The maximum atomic E-state index is 12.2. The molecule has 8 heteroatoms. The van der Waals surface area contributed by atoms with Crippen molar-refractivity contribution < 1.29 is 18.0 Å². The molecule has 2 amide bonds. The number of benzene rings is 1. The Morgan fingerprint density at radius 2 is 2.07 bits per heavy atom. The number of hydrogen-bond donors (Lipinski definition) is 2. The largest absolute Gasteiger partial charge is 0.405 e. The van der Waals surface area contributed by atoms with Crippen molar-refractivity contribution >= 4 is 17.4 Å². The molecule has 0 unspecified atom stereocenters. The van der Waals surface area contributed by atoms with Gasteiger partial charge in [0.15, 0.2) is 0 Å². The number of carbonyl (C=O) groups is 1. The Hall–Kier alpha value is -3.03. The summed E-state index contributed by atoms with van der Waals surface area (Å²) in [6.07, 6.45) is 1.81. The Balaban J connectivity index is 1.59. The van der Waals surface area contributed by atoms with Gasteiger partial charge in [0.2, 0.25) is 0 Å². The van der Waals surface area contributed by atoms with Gasteiger partial charge in [0.05, 0.1) is 11.9 Å². The Kier molecular flexibility index (Phi) is 4.49. The lowest BCUT2D eigenvalue weighted by atomic mass is 10.1. The molecule has 1 aliphatic carbocycles. The summed E-state index contributed by atoms with van der Waals surface area (Å²) in [6.45, 7) is 0.710. The highest BCUT2D eigenvalue weighted by atomic mass is 19.4. The maximum absolute atomic E-state index is 12.2. The van der Waals surface area contributed by atoms with Gasteiger partial charge in [0, 0.05) is 17.4 Å². The van der Waals surface area contributed by atoms with Crippen LogP contribution in [0.3, 0.4) is 0 Å². The summed E-state index contributed by atoms with van der Waals surface area (Å²) < 4.78 is 38.7. The fraction of sp³-hybridized carbons (Fsp3) is 0.300. The molecule has 5 nitrogen and oxygen atoms in total. The van der Waals surface area contributed by atoms with E-state index in [4.69, 9.17) is 0 Å². The van der Waals surface area contributed by atoms with Crippen LogP contribution < -0.4 is 10.6 Å². The molecule has 0 bridgehead atoms. The third kappa shape index (κ3) is 3.95. The van der Waals surface area contributed by atoms with Crippen LogP contribution in [0.4, 0.5) is 23.7 Å². The van der Waals surface area contributed by atoms with Gasteiger partial charge in [0.1, 0.15) is 12.2 Å². The number of urea groups is 1. The quantitative estimate of drug-likeness (QED) is 0.670. The summed E-state index contributed by atoms with van der Waals surface area (Å²) >= 11 is 0. The van der Waals surface area contributed by atoms with Gasteiger partial charge in [-0.3, -0.25) is 4.40 Å². The number of hydrogen-bond acceptors (Lipinski definition) is 2. The summed E-state index contributed by atoms with van der Waals surface area (Å²) in [5.74, 6) is 0.602. The van der Waals surface area contributed by atoms with E-state index in [-0.39, 0.29) is 0 Å². The molecule has 2 heterocycles. The van der Waals surface area contributed by atoms with Crippen LogP contribution in [0.25, 0.3) is 16.9 Å². The first kappa shape index (κ1) is 18.3. The van der Waals surface area contributed by atoms with Gasteiger partial charge in [-0.2, -0.15) is 13.2 Å². The van der Waals surface area contributed by atoms with E-state index in [1.807, 2.05) is 10.5 Å². The topological polar surface area (TPSA) is 58.4 Å². The number of amides is 2. The molecule has 0 spiro atoms. The van der Waals surface area contributed by atoms with Gasteiger partial charge in [-0.05, 0) is 55.0 Å². The van der Waals surface area contributed by atoms with Crippen LogP contribution in [-0.2, 0) is 0 Å². The summed E-state index contributed by atoms with van der Waals surface area (Å²) in [6, 6.07) is 8.11. The Bertz CT molecular complexity index is 1040. The SMILES string of the molecule is Cc1cc2ncc(-c3cccc(NC(=O)NCC(F)(F)F)c3)n2cc1C1CC1. The fourth-order valence-electron chi connectivity index (χ4n) is 3.28. The van der Waals surface area contributed by atoms with E-state index in [9.17, 15) is 18.0 Å². The van der Waals surface area contributed by atoms with Crippen LogP contribution in [-0.4, -0.2) is 28.1 Å². The molecular weight excluding hydrogens is 369 g/mol. The van der Waals surface area contributed by atoms with E-state index in [1.165, 1.54) is 24.0 Å². The molecule has 1 fully saturated rings. The van der Waals surface area contributed by atoms with Gasteiger partial charge in [0.25, 0.3) is 0 Å². The van der Waals surface area contributed by atoms with Crippen LogP contribution in [0.15, 0.2) is 42.7 Å². The normalized spacial score (nSPS) is 14.3. The molecule has 28 heavy (non-hydrogen) atoms. The van der Waals surface area contributed by atoms with Gasteiger partial charge in [-0.25, -0.2) is 9.78 Å². The summed E-state index contributed by atoms with van der Waals surface area (Å²) in [4.78, 5) is 16.2. The van der Waals surface area contributed by atoms with Crippen LogP contribution in [0.2, 0.25) is 0 Å². The summed E-state index contributed by atoms with van der Waals surface area (Å²) in [5, 5.41) is 4.23. The zero-order chi connectivity index (χ0) is 19.9. The molecule has 3 aromatic rings. The van der Waals surface area contributed by atoms with Gasteiger partial charge in [-0.15, -0.1) is 0 Å². The molecule has 146 valence electrons. The predicted octanol–water partition coefficient (Wildman–Crippen LogP) is 4.87. The van der Waals surface area contributed by atoms with Crippen molar-refractivity contribution in [2.75, 3.05) is 11.9 Å². The zero-order valence-corrected chi connectivity index (χ0v) is 15.2. The highest BCUT2D eigenvalue weighted by Crippen LogP contribution is 2.42. The second-order valence-electron chi connectivity index (χ2n) is 7.06. The van der Waals surface area contributed by atoms with Crippen LogP contribution in [0.5, 0.6) is 0 Å². The molecule has 1 aromatic carbocycles. The number of rotatable bonds is 4. The van der Waals surface area contributed by atoms with Crippen molar-refractivity contribution in [3.63, 3.8) is 0 Å². The molecule has 4 rings (SSSR count). The minimum absolute atomic E-state index is 0.404. The summed E-state index contributed by atoms with van der Waals surface area (Å²) in [7, 11) is 0. The minimum atomic E-state index is -4.45. The molecule has 1 aliphatic rings. The molecule has 0 radical (unpaired) electrons. The Labute approximate surface area is 159 Å². The number of aromatic nitrogens is 2. The number of fused-ring (bicyclic) bond motifs is 1. The second-order valence-corrected chi connectivity index (χ2v) is 7.06. The Morgan fingerprint density at radius 3 is 2.79 bits per heavy atom. The van der Waals surface area contributed by atoms with Crippen molar-refractivity contribution in [3.8, 4) is 11.3 Å². The smallest absolute Gasteiger partial charge is 0.329 e. The maximum Gasteiger partial charge on any atom is 0.405 e. The molecule has 2 N–H and O–H groups in total. The Morgan fingerprint density at radius 1 is 1.29 bits per heavy atom. The molecule has 0 aliphatic heterocycles. The van der Waals surface area contributed by atoms with Gasteiger partial charge < -0.3 is 10.6 Å². The zero-order valence-electron chi connectivity index (χ0n) is 15.2.